The zero-order valence-corrected chi connectivity index (χ0v) is 26.1. The molecule has 1 saturated carbocycles. The van der Waals surface area contributed by atoms with E-state index in [4.69, 9.17) is 26.3 Å². The number of benzene rings is 2. The molecule has 1 aliphatic carbocycles. The summed E-state index contributed by atoms with van der Waals surface area (Å²) in [6.07, 6.45) is 5.47. The molecule has 3 aromatic rings. The Balaban J connectivity index is 1.22. The van der Waals surface area contributed by atoms with E-state index in [-0.39, 0.29) is 18.5 Å². The summed E-state index contributed by atoms with van der Waals surface area (Å²) in [5.41, 5.74) is 3.06. The molecule has 2 aromatic carbocycles. The molecule has 4 aliphatic rings. The molecule has 3 fully saturated rings. The van der Waals surface area contributed by atoms with Crippen molar-refractivity contribution < 1.29 is 13.9 Å². The molecule has 1 aromatic heterocycles. The van der Waals surface area contributed by atoms with Gasteiger partial charge in [0.25, 0.3) is 5.91 Å². The summed E-state index contributed by atoms with van der Waals surface area (Å²) in [4.78, 5) is 30.9. The van der Waals surface area contributed by atoms with Crippen LogP contribution in [0.1, 0.15) is 43.4 Å². The summed E-state index contributed by atoms with van der Waals surface area (Å²) in [5, 5.41) is 12.4. The summed E-state index contributed by atoms with van der Waals surface area (Å²) in [5.74, 6) is -1.00. The molecular formula is C34H37ClFN7O2. The monoisotopic (exact) mass is 629 g/mol. The Hall–Kier alpha value is -3.94. The van der Waals surface area contributed by atoms with Crippen molar-refractivity contribution in [1.82, 2.24) is 19.8 Å². The van der Waals surface area contributed by atoms with Gasteiger partial charge in [-0.3, -0.25) is 9.69 Å². The Morgan fingerprint density at radius 3 is 2.60 bits per heavy atom. The highest BCUT2D eigenvalue weighted by molar-refractivity contribution is 6.36. The lowest BCUT2D eigenvalue weighted by atomic mass is 10.0. The highest BCUT2D eigenvalue weighted by Crippen LogP contribution is 2.44. The number of carbonyl (C=O) groups is 1. The van der Waals surface area contributed by atoms with Gasteiger partial charge in [-0.15, -0.1) is 0 Å². The lowest BCUT2D eigenvalue weighted by molar-refractivity contribution is -0.131. The van der Waals surface area contributed by atoms with Crippen molar-refractivity contribution in [2.45, 2.75) is 56.7 Å². The molecule has 234 valence electrons. The van der Waals surface area contributed by atoms with Crippen LogP contribution in [0.5, 0.6) is 6.01 Å². The van der Waals surface area contributed by atoms with E-state index in [0.29, 0.717) is 43.7 Å². The fraction of sp³-hybridized carbons (Fsp3) is 0.471. The molecule has 9 nitrogen and oxygen atoms in total. The van der Waals surface area contributed by atoms with Gasteiger partial charge >= 0.3 is 6.01 Å². The van der Waals surface area contributed by atoms with Crippen molar-refractivity contribution in [1.29, 1.82) is 5.26 Å². The Morgan fingerprint density at radius 1 is 1.09 bits per heavy atom. The van der Waals surface area contributed by atoms with Crippen LogP contribution in [-0.2, 0) is 17.8 Å². The Bertz CT molecular complexity index is 1680. The summed E-state index contributed by atoms with van der Waals surface area (Å²) < 4.78 is 20.3. The van der Waals surface area contributed by atoms with Gasteiger partial charge in [-0.05, 0) is 62.7 Å². The van der Waals surface area contributed by atoms with Gasteiger partial charge in [-0.2, -0.15) is 15.2 Å². The van der Waals surface area contributed by atoms with Crippen LogP contribution >= 0.6 is 11.6 Å². The SMILES string of the molecule is C=C(F)C(=O)N1CCN(c2nc(OCC3(N4CCCC4)CC3)nc3c2CCN(c2cccc4cccc(Cl)c24)C3)C[C@@H]1CC#N. The fourth-order valence-corrected chi connectivity index (χ4v) is 7.58. The van der Waals surface area contributed by atoms with Crippen LogP contribution in [0.4, 0.5) is 15.9 Å². The summed E-state index contributed by atoms with van der Waals surface area (Å²) in [7, 11) is 0. The number of likely N-dealkylation sites (tertiary alicyclic amines) is 1. The molecule has 2 saturated heterocycles. The minimum atomic E-state index is -1.01. The number of rotatable bonds is 8. The number of ether oxygens (including phenoxy) is 1. The third-order valence-corrected chi connectivity index (χ3v) is 10.2. The first-order valence-electron chi connectivity index (χ1n) is 15.8. The molecule has 11 heteroatoms. The molecule has 0 radical (unpaired) electrons. The van der Waals surface area contributed by atoms with E-state index in [1.54, 1.807) is 0 Å². The molecule has 0 bridgehead atoms. The van der Waals surface area contributed by atoms with Gasteiger partial charge in [0.2, 0.25) is 0 Å². The zero-order chi connectivity index (χ0) is 31.1. The van der Waals surface area contributed by atoms with Crippen LogP contribution < -0.4 is 14.5 Å². The van der Waals surface area contributed by atoms with Crippen molar-refractivity contribution >= 4 is 39.8 Å². The van der Waals surface area contributed by atoms with Gasteiger partial charge in [0, 0.05) is 42.8 Å². The van der Waals surface area contributed by atoms with E-state index in [1.165, 1.54) is 17.7 Å². The predicted molar refractivity (Wildman–Crippen MR) is 172 cm³/mol. The van der Waals surface area contributed by atoms with Crippen LogP contribution in [0.3, 0.4) is 0 Å². The maximum Gasteiger partial charge on any atom is 0.318 e. The lowest BCUT2D eigenvalue weighted by Crippen LogP contribution is -2.55. The largest absolute Gasteiger partial charge is 0.461 e. The number of hydrogen-bond donors (Lipinski definition) is 0. The lowest BCUT2D eigenvalue weighted by Gasteiger charge is -2.42. The highest BCUT2D eigenvalue weighted by atomic mass is 35.5. The molecule has 7 rings (SSSR count). The summed E-state index contributed by atoms with van der Waals surface area (Å²) >= 11 is 6.71. The molecule has 3 aliphatic heterocycles. The van der Waals surface area contributed by atoms with Crippen molar-refractivity contribution in [3.05, 3.63) is 65.1 Å². The van der Waals surface area contributed by atoms with Gasteiger partial charge in [-0.25, -0.2) is 4.39 Å². The topological polar surface area (TPSA) is 88.8 Å². The molecule has 1 atom stereocenters. The maximum atomic E-state index is 13.9. The maximum absolute atomic E-state index is 13.9. The fourth-order valence-electron chi connectivity index (χ4n) is 7.30. The second-order valence-electron chi connectivity index (χ2n) is 12.6. The van der Waals surface area contributed by atoms with E-state index >= 15 is 0 Å². The first-order chi connectivity index (χ1) is 21.9. The number of carbonyl (C=O) groups excluding carboxylic acids is 1. The Labute approximate surface area is 267 Å². The van der Waals surface area contributed by atoms with Crippen LogP contribution in [-0.4, -0.2) is 83.1 Å². The second-order valence-corrected chi connectivity index (χ2v) is 13.0. The van der Waals surface area contributed by atoms with Crippen LogP contribution in [0.2, 0.25) is 5.02 Å². The normalized spacial score (nSPS) is 21.0. The van der Waals surface area contributed by atoms with Gasteiger partial charge in [0.15, 0.2) is 5.83 Å². The minimum Gasteiger partial charge on any atom is -0.461 e. The van der Waals surface area contributed by atoms with Crippen molar-refractivity contribution in [2.75, 3.05) is 55.7 Å². The first-order valence-corrected chi connectivity index (χ1v) is 16.2. The molecule has 1 amide bonds. The number of nitrogens with zero attached hydrogens (tertiary/aromatic N) is 7. The van der Waals surface area contributed by atoms with Crippen molar-refractivity contribution in [3.63, 3.8) is 0 Å². The standard InChI is InChI=1S/C34H37ClFN7O2/c1-23(36)32(44)43-19-18-41(20-25(43)10-14-37)31-26-11-17-40(29-9-5-7-24-6-4-8-27(35)30(24)29)21-28(26)38-33(39-31)45-22-34(12-13-34)42-15-2-3-16-42/h4-9,25H,1-3,10-13,15-22H2/t25-/m0/s1. The average molecular weight is 630 g/mol. The average Bonchev–Trinajstić information content (AvgIpc) is 3.63. The Morgan fingerprint density at radius 2 is 1.87 bits per heavy atom. The minimum absolute atomic E-state index is 0.0697. The Kier molecular flexibility index (Phi) is 8.00. The van der Waals surface area contributed by atoms with Gasteiger partial charge in [-0.1, -0.05) is 42.4 Å². The molecular weight excluding hydrogens is 593 g/mol. The molecule has 0 spiro atoms. The van der Waals surface area contributed by atoms with Crippen LogP contribution in [0, 0.1) is 11.3 Å². The van der Waals surface area contributed by atoms with E-state index in [2.05, 4.69) is 51.6 Å². The second kappa shape index (κ2) is 12.1. The van der Waals surface area contributed by atoms with Crippen LogP contribution in [0.25, 0.3) is 10.8 Å². The number of hydrogen-bond acceptors (Lipinski definition) is 8. The number of halogens is 2. The van der Waals surface area contributed by atoms with E-state index in [9.17, 15) is 14.4 Å². The predicted octanol–water partition coefficient (Wildman–Crippen LogP) is 5.27. The highest BCUT2D eigenvalue weighted by Gasteiger charge is 2.49. The molecule has 4 heterocycles. The molecule has 0 unspecified atom stereocenters. The van der Waals surface area contributed by atoms with Gasteiger partial charge < -0.3 is 19.4 Å². The smallest absolute Gasteiger partial charge is 0.318 e. The van der Waals surface area contributed by atoms with Crippen molar-refractivity contribution in [2.24, 2.45) is 0 Å². The molecule has 0 N–H and O–H groups in total. The van der Waals surface area contributed by atoms with E-state index < -0.39 is 17.8 Å². The first kappa shape index (κ1) is 29.8. The molecule has 45 heavy (non-hydrogen) atoms. The third kappa shape index (κ3) is 5.68. The number of aromatic nitrogens is 2. The summed E-state index contributed by atoms with van der Waals surface area (Å²) in [6.45, 7) is 8.33. The number of anilines is 2. The summed E-state index contributed by atoms with van der Waals surface area (Å²) in [6, 6.07) is 14.2. The third-order valence-electron chi connectivity index (χ3n) is 9.87. The number of piperazine rings is 1. The van der Waals surface area contributed by atoms with E-state index in [1.807, 2.05) is 12.1 Å². The van der Waals surface area contributed by atoms with Crippen molar-refractivity contribution in [3.8, 4) is 12.1 Å². The zero-order valence-electron chi connectivity index (χ0n) is 25.4. The van der Waals surface area contributed by atoms with Crippen LogP contribution in [0.15, 0.2) is 48.8 Å². The van der Waals surface area contributed by atoms with E-state index in [0.717, 1.165) is 66.0 Å². The number of nitriles is 1. The van der Waals surface area contributed by atoms with Gasteiger partial charge in [0.05, 0.1) is 41.3 Å². The number of fused-ring (bicyclic) bond motifs is 2. The van der Waals surface area contributed by atoms with Gasteiger partial charge in [0.1, 0.15) is 12.4 Å². The quantitative estimate of drug-likeness (QED) is 0.312. The number of amides is 1.